The van der Waals surface area contributed by atoms with Crippen molar-refractivity contribution in [1.29, 1.82) is 0 Å². The minimum Gasteiger partial charge on any atom is -0.365 e. The van der Waals surface area contributed by atoms with Crippen molar-refractivity contribution in [3.05, 3.63) is 0 Å². The summed E-state index contributed by atoms with van der Waals surface area (Å²) >= 11 is 0. The van der Waals surface area contributed by atoms with Crippen molar-refractivity contribution >= 4 is 32.2 Å². The van der Waals surface area contributed by atoms with Crippen molar-refractivity contribution < 1.29 is 66.9 Å². The molecule has 0 unspecified atom stereocenters. The Morgan fingerprint density at radius 2 is 1.12 bits per heavy atom. The molecule has 0 spiro atoms. The molecule has 32 valence electrons. The molecule has 8 heteroatoms. The predicted molar refractivity (Wildman–Crippen MR) is 19.3 cm³/mol. The summed E-state index contributed by atoms with van der Waals surface area (Å²) in [6, 6.07) is 0. The first-order chi connectivity index (χ1) is 2.00. The van der Waals surface area contributed by atoms with Gasteiger partial charge in [0.15, 0.2) is 0 Å². The molecule has 0 amide bonds. The zero-order valence-electron chi connectivity index (χ0n) is 4.93. The van der Waals surface area contributed by atoms with E-state index in [2.05, 4.69) is 0 Å². The van der Waals surface area contributed by atoms with Gasteiger partial charge in [-0.3, -0.25) is 0 Å². The van der Waals surface area contributed by atoms with Crippen molar-refractivity contribution in [2.45, 2.75) is 0 Å². The van der Waals surface area contributed by atoms with Gasteiger partial charge < -0.3 is 14.4 Å². The van der Waals surface area contributed by atoms with Gasteiger partial charge in [0, 0.05) is 0 Å². The molecule has 0 aliphatic heterocycles. The average molecular weight is 152 g/mol. The Balaban J connectivity index is -0.0000000267. The van der Waals surface area contributed by atoms with E-state index in [9.17, 15) is 4.11 Å². The Labute approximate surface area is 97.8 Å². The van der Waals surface area contributed by atoms with Crippen molar-refractivity contribution in [3.8, 4) is 0 Å². The van der Waals surface area contributed by atoms with Crippen LogP contribution < -0.4 is 48.4 Å². The molecule has 0 atom stereocenters. The molecular formula is H3FLiMgNaO3Si+4. The van der Waals surface area contributed by atoms with Crippen molar-refractivity contribution in [3.63, 3.8) is 0 Å². The zero-order valence-corrected chi connectivity index (χ0v) is 9.34. The van der Waals surface area contributed by atoms with E-state index in [-0.39, 0.29) is 71.5 Å². The molecule has 0 aromatic heterocycles. The Hall–Kier alpha value is 2.39. The molecule has 0 bridgehead atoms. The summed E-state index contributed by atoms with van der Waals surface area (Å²) in [5.41, 5.74) is 0. The van der Waals surface area contributed by atoms with Crippen LogP contribution in [0.3, 0.4) is 0 Å². The average Bonchev–Trinajstić information content (AvgIpc) is 0.722. The summed E-state index contributed by atoms with van der Waals surface area (Å²) in [5.74, 6) is 0. The van der Waals surface area contributed by atoms with Crippen LogP contribution in [0.25, 0.3) is 0 Å². The van der Waals surface area contributed by atoms with E-state index in [1.54, 1.807) is 0 Å². The van der Waals surface area contributed by atoms with Crippen molar-refractivity contribution in [2.75, 3.05) is 0 Å². The van der Waals surface area contributed by atoms with E-state index in [0.717, 1.165) is 0 Å². The van der Waals surface area contributed by atoms with Gasteiger partial charge in [-0.25, -0.2) is 4.11 Å². The maximum absolute atomic E-state index is 10.5. The Morgan fingerprint density at radius 3 is 1.12 bits per heavy atom. The van der Waals surface area contributed by atoms with Gasteiger partial charge in [-0.15, -0.1) is 0 Å². The smallest absolute Gasteiger partial charge is 0.365 e. The van der Waals surface area contributed by atoms with Gasteiger partial charge in [0.05, 0.1) is 0 Å². The fourth-order valence-corrected chi connectivity index (χ4v) is 0. The number of halogens is 1. The number of rotatable bonds is 0. The molecule has 0 aromatic carbocycles. The van der Waals surface area contributed by atoms with Gasteiger partial charge >= 0.3 is 80.6 Å². The summed E-state index contributed by atoms with van der Waals surface area (Å²) in [6.45, 7) is 0. The topological polar surface area (TPSA) is 60.7 Å². The quantitative estimate of drug-likeness (QED) is 0.239. The van der Waals surface area contributed by atoms with Gasteiger partial charge in [0.25, 0.3) is 0 Å². The van der Waals surface area contributed by atoms with Crippen LogP contribution in [0, 0.1) is 0 Å². The largest absolute Gasteiger partial charge is 2.00 e. The molecule has 0 aliphatic carbocycles. The first-order valence-electron chi connectivity index (χ1n) is 0.860. The van der Waals surface area contributed by atoms with Crippen LogP contribution >= 0.6 is 0 Å². The fourth-order valence-electron chi connectivity index (χ4n) is 0. The predicted octanol–water partition coefficient (Wildman–Crippen LogP) is -8.00. The molecule has 0 rings (SSSR count). The summed E-state index contributed by atoms with van der Waals surface area (Å²) in [7, 11) is -5.11. The second kappa shape index (κ2) is 9.39. The maximum atomic E-state index is 10.5. The molecule has 0 saturated heterocycles. The van der Waals surface area contributed by atoms with Gasteiger partial charge in [-0.2, -0.15) is 0 Å². The molecular weight excluding hydrogens is 149 g/mol. The first kappa shape index (κ1) is 22.4. The molecule has 0 fully saturated rings. The third kappa shape index (κ3) is 80.2. The summed E-state index contributed by atoms with van der Waals surface area (Å²) in [4.78, 5) is 21.3. The van der Waals surface area contributed by atoms with Gasteiger partial charge in [0.2, 0.25) is 0 Å². The minimum absolute atomic E-state index is 0. The van der Waals surface area contributed by atoms with Crippen LogP contribution in [-0.2, 0) is 0 Å². The third-order valence-electron chi connectivity index (χ3n) is 0. The van der Waals surface area contributed by atoms with E-state index in [0.29, 0.717) is 0 Å². The van der Waals surface area contributed by atoms with Crippen molar-refractivity contribution in [2.24, 2.45) is 0 Å². The van der Waals surface area contributed by atoms with Gasteiger partial charge in [0.1, 0.15) is 0 Å². The van der Waals surface area contributed by atoms with Gasteiger partial charge in [-0.05, 0) is 0 Å². The zero-order chi connectivity index (χ0) is 4.50. The van der Waals surface area contributed by atoms with Crippen LogP contribution in [0.1, 0.15) is 0 Å². The second-order valence-electron chi connectivity index (χ2n) is 0.554. The van der Waals surface area contributed by atoms with Crippen LogP contribution in [0.2, 0.25) is 0 Å². The van der Waals surface area contributed by atoms with Crippen LogP contribution in [0.15, 0.2) is 0 Å². The molecule has 0 aliphatic rings. The summed E-state index contributed by atoms with van der Waals surface area (Å²) < 4.78 is 10.5. The minimum atomic E-state index is -5.11. The van der Waals surface area contributed by atoms with Crippen LogP contribution in [0.4, 0.5) is 4.11 Å². The van der Waals surface area contributed by atoms with E-state index >= 15 is 0 Å². The molecule has 0 radical (unpaired) electrons. The molecule has 0 saturated carbocycles. The maximum Gasteiger partial charge on any atom is 2.00 e. The second-order valence-corrected chi connectivity index (χ2v) is 1.66. The number of hydrogen-bond acceptors (Lipinski definition) is 3. The third-order valence-corrected chi connectivity index (χ3v) is 0. The van der Waals surface area contributed by atoms with Crippen molar-refractivity contribution in [1.82, 2.24) is 0 Å². The number of hydrogen-bond donors (Lipinski definition) is 3. The summed E-state index contributed by atoms with van der Waals surface area (Å²) in [5, 5.41) is 0. The fraction of sp³-hybridized carbons (Fsp3) is 0. The van der Waals surface area contributed by atoms with E-state index in [1.165, 1.54) is 0 Å². The van der Waals surface area contributed by atoms with Crippen LogP contribution in [0.5, 0.6) is 0 Å². The van der Waals surface area contributed by atoms with E-state index < -0.39 is 9.14 Å². The van der Waals surface area contributed by atoms with Crippen LogP contribution in [-0.4, -0.2) is 46.6 Å². The molecule has 3 N–H and O–H groups in total. The SMILES string of the molecule is O[Si](O)(O)F.[Li+].[Mg+2].[Na+]. The summed E-state index contributed by atoms with van der Waals surface area (Å²) in [6.07, 6.45) is 0. The molecule has 3 nitrogen and oxygen atoms in total. The van der Waals surface area contributed by atoms with E-state index in [4.69, 9.17) is 14.4 Å². The normalized spacial score (nSPS) is 7.50. The Kier molecular flexibility index (Phi) is 26.3. The molecule has 0 heterocycles. The monoisotopic (exact) mass is 152 g/mol. The van der Waals surface area contributed by atoms with Gasteiger partial charge in [-0.1, -0.05) is 0 Å². The first-order valence-corrected chi connectivity index (χ1v) is 2.58. The Bertz CT molecular complexity index is 34.8. The van der Waals surface area contributed by atoms with E-state index in [1.807, 2.05) is 0 Å². The molecule has 0 aromatic rings. The molecule has 8 heavy (non-hydrogen) atoms. The Morgan fingerprint density at radius 1 is 1.12 bits per heavy atom. The standard InChI is InChI=1S/FH3O3Si.Li.Mg.Na/c1-5(2,3)4;;;/h2-4H;;;/q;+1;+2;+1.